The van der Waals surface area contributed by atoms with Gasteiger partial charge in [-0.25, -0.2) is 9.59 Å². The van der Waals surface area contributed by atoms with Crippen molar-refractivity contribution in [2.45, 2.75) is 6.61 Å². The van der Waals surface area contributed by atoms with Crippen LogP contribution in [0, 0.1) is 0 Å². The summed E-state index contributed by atoms with van der Waals surface area (Å²) in [5.74, 6) is -1.51. The summed E-state index contributed by atoms with van der Waals surface area (Å²) in [6, 6.07) is 4.90. The minimum atomic E-state index is -0.618. The van der Waals surface area contributed by atoms with Crippen LogP contribution in [0.1, 0.15) is 15.9 Å². The Labute approximate surface area is 109 Å². The molecule has 0 unspecified atom stereocenters. The lowest BCUT2D eigenvalue weighted by Crippen LogP contribution is -2.09. The van der Waals surface area contributed by atoms with Gasteiger partial charge >= 0.3 is 11.9 Å². The van der Waals surface area contributed by atoms with Crippen LogP contribution in [0.4, 0.5) is 5.69 Å². The van der Waals surface area contributed by atoms with Gasteiger partial charge in [0.05, 0.1) is 12.7 Å². The summed E-state index contributed by atoms with van der Waals surface area (Å²) in [5, 5.41) is 2.53. The second-order valence-corrected chi connectivity index (χ2v) is 3.79. The van der Waals surface area contributed by atoms with Crippen molar-refractivity contribution in [1.82, 2.24) is 0 Å². The van der Waals surface area contributed by atoms with Gasteiger partial charge in [-0.05, 0) is 12.1 Å². The Morgan fingerprint density at radius 2 is 2.16 bits per heavy atom. The Balaban J connectivity index is 2.06. The standard InChI is InChI=1S/C13H11NO5/c1-18-12(16)5-4-11(15)14-9-3-2-8-7-19-13(17)10(8)6-9/h2-6H,7H2,1H3,(H,14,15)/b5-4+. The maximum Gasteiger partial charge on any atom is 0.338 e. The van der Waals surface area contributed by atoms with Gasteiger partial charge in [0, 0.05) is 23.4 Å². The monoisotopic (exact) mass is 261 g/mol. The number of hydrogen-bond donors (Lipinski definition) is 1. The predicted octanol–water partition coefficient (Wildman–Crippen LogP) is 1.02. The zero-order valence-corrected chi connectivity index (χ0v) is 10.1. The van der Waals surface area contributed by atoms with Gasteiger partial charge in [-0.3, -0.25) is 4.79 Å². The first-order chi connectivity index (χ1) is 9.10. The van der Waals surface area contributed by atoms with E-state index in [0.29, 0.717) is 11.3 Å². The molecule has 19 heavy (non-hydrogen) atoms. The molecule has 1 N–H and O–H groups in total. The molecule has 1 aliphatic rings. The average Bonchev–Trinajstić information content (AvgIpc) is 2.77. The molecule has 1 aliphatic heterocycles. The van der Waals surface area contributed by atoms with E-state index in [1.165, 1.54) is 13.2 Å². The van der Waals surface area contributed by atoms with E-state index < -0.39 is 17.8 Å². The quantitative estimate of drug-likeness (QED) is 0.649. The van der Waals surface area contributed by atoms with Crippen LogP contribution in [0.5, 0.6) is 0 Å². The van der Waals surface area contributed by atoms with E-state index in [1.54, 1.807) is 12.1 Å². The number of amides is 1. The zero-order chi connectivity index (χ0) is 13.8. The zero-order valence-electron chi connectivity index (χ0n) is 10.1. The summed E-state index contributed by atoms with van der Waals surface area (Å²) < 4.78 is 9.21. The first kappa shape index (κ1) is 12.8. The third kappa shape index (κ3) is 2.98. The van der Waals surface area contributed by atoms with Crippen molar-refractivity contribution in [3.05, 3.63) is 41.5 Å². The molecule has 0 aliphatic carbocycles. The SMILES string of the molecule is COC(=O)/C=C/C(=O)Nc1ccc2c(c1)C(=O)OC2. The Kier molecular flexibility index (Phi) is 3.61. The molecule has 0 aromatic heterocycles. The van der Waals surface area contributed by atoms with E-state index in [-0.39, 0.29) is 6.61 Å². The molecule has 1 aromatic carbocycles. The average molecular weight is 261 g/mol. The fourth-order valence-corrected chi connectivity index (χ4v) is 1.59. The minimum absolute atomic E-state index is 0.255. The topological polar surface area (TPSA) is 81.7 Å². The normalized spacial score (nSPS) is 13.0. The second-order valence-electron chi connectivity index (χ2n) is 3.79. The summed E-state index contributed by atoms with van der Waals surface area (Å²) in [7, 11) is 1.22. The van der Waals surface area contributed by atoms with Crippen LogP contribution in [0.2, 0.25) is 0 Å². The Morgan fingerprint density at radius 3 is 2.89 bits per heavy atom. The molecule has 0 spiro atoms. The largest absolute Gasteiger partial charge is 0.466 e. The lowest BCUT2D eigenvalue weighted by atomic mass is 10.1. The molecule has 0 saturated carbocycles. The van der Waals surface area contributed by atoms with E-state index >= 15 is 0 Å². The van der Waals surface area contributed by atoms with Gasteiger partial charge in [0.25, 0.3) is 0 Å². The Bertz CT molecular complexity index is 576. The van der Waals surface area contributed by atoms with Gasteiger partial charge in [-0.2, -0.15) is 0 Å². The Morgan fingerprint density at radius 1 is 1.37 bits per heavy atom. The highest BCUT2D eigenvalue weighted by molar-refractivity contribution is 6.03. The summed E-state index contributed by atoms with van der Waals surface area (Å²) in [5.41, 5.74) is 1.68. The number of carbonyl (C=O) groups excluding carboxylic acids is 3. The third-order valence-corrected chi connectivity index (χ3v) is 2.53. The third-order valence-electron chi connectivity index (χ3n) is 2.53. The molecule has 0 fully saturated rings. The van der Waals surface area contributed by atoms with Gasteiger partial charge < -0.3 is 14.8 Å². The maximum absolute atomic E-state index is 11.5. The molecule has 2 rings (SSSR count). The second kappa shape index (κ2) is 5.34. The summed E-state index contributed by atoms with van der Waals surface area (Å²) in [6.07, 6.45) is 2.06. The number of methoxy groups -OCH3 is 1. The van der Waals surface area contributed by atoms with Crippen LogP contribution in [0.3, 0.4) is 0 Å². The van der Waals surface area contributed by atoms with Crippen molar-refractivity contribution in [2.75, 3.05) is 12.4 Å². The van der Waals surface area contributed by atoms with Crippen molar-refractivity contribution in [3.63, 3.8) is 0 Å². The molecule has 98 valence electrons. The van der Waals surface area contributed by atoms with Crippen LogP contribution >= 0.6 is 0 Å². The molecular weight excluding hydrogens is 250 g/mol. The fourth-order valence-electron chi connectivity index (χ4n) is 1.59. The van der Waals surface area contributed by atoms with E-state index in [0.717, 1.165) is 17.7 Å². The maximum atomic E-state index is 11.5. The van der Waals surface area contributed by atoms with E-state index in [2.05, 4.69) is 10.1 Å². The smallest absolute Gasteiger partial charge is 0.338 e. The van der Waals surface area contributed by atoms with E-state index in [1.807, 2.05) is 0 Å². The van der Waals surface area contributed by atoms with E-state index in [4.69, 9.17) is 4.74 Å². The molecule has 0 saturated heterocycles. The summed E-state index contributed by atoms with van der Waals surface area (Å²) in [4.78, 5) is 33.7. The van der Waals surface area contributed by atoms with Crippen molar-refractivity contribution >= 4 is 23.5 Å². The molecule has 0 radical (unpaired) electrons. The molecule has 0 atom stereocenters. The molecule has 1 amide bonds. The number of fused-ring (bicyclic) bond motifs is 1. The number of rotatable bonds is 3. The van der Waals surface area contributed by atoms with Crippen molar-refractivity contribution < 1.29 is 23.9 Å². The van der Waals surface area contributed by atoms with Crippen LogP contribution in [-0.2, 0) is 25.7 Å². The highest BCUT2D eigenvalue weighted by Crippen LogP contribution is 2.23. The highest BCUT2D eigenvalue weighted by Gasteiger charge is 2.21. The minimum Gasteiger partial charge on any atom is -0.466 e. The number of cyclic esters (lactones) is 1. The van der Waals surface area contributed by atoms with Crippen LogP contribution in [-0.4, -0.2) is 25.0 Å². The molecule has 6 nitrogen and oxygen atoms in total. The molecule has 1 heterocycles. The highest BCUT2D eigenvalue weighted by atomic mass is 16.5. The number of nitrogens with one attached hydrogen (secondary N) is 1. The van der Waals surface area contributed by atoms with Crippen molar-refractivity contribution in [3.8, 4) is 0 Å². The predicted molar refractivity (Wildman–Crippen MR) is 65.3 cm³/mol. The summed E-state index contributed by atoms with van der Waals surface area (Å²) >= 11 is 0. The lowest BCUT2D eigenvalue weighted by molar-refractivity contribution is -0.135. The number of benzene rings is 1. The fraction of sp³-hybridized carbons (Fsp3) is 0.154. The molecule has 6 heteroatoms. The molecule has 1 aromatic rings. The number of hydrogen-bond acceptors (Lipinski definition) is 5. The van der Waals surface area contributed by atoms with Crippen molar-refractivity contribution in [1.29, 1.82) is 0 Å². The molecular formula is C13H11NO5. The number of esters is 2. The van der Waals surface area contributed by atoms with Gasteiger partial charge in [0.15, 0.2) is 0 Å². The van der Waals surface area contributed by atoms with Crippen LogP contribution in [0.15, 0.2) is 30.4 Å². The van der Waals surface area contributed by atoms with Gasteiger partial charge in [-0.15, -0.1) is 0 Å². The van der Waals surface area contributed by atoms with Crippen molar-refractivity contribution in [2.24, 2.45) is 0 Å². The number of carbonyl (C=O) groups is 3. The number of ether oxygens (including phenoxy) is 2. The van der Waals surface area contributed by atoms with Crippen LogP contribution in [0.25, 0.3) is 0 Å². The van der Waals surface area contributed by atoms with Crippen LogP contribution < -0.4 is 5.32 Å². The van der Waals surface area contributed by atoms with Gasteiger partial charge in [-0.1, -0.05) is 6.07 Å². The Hall–Kier alpha value is -2.63. The summed E-state index contributed by atoms with van der Waals surface area (Å²) in [6.45, 7) is 0.255. The van der Waals surface area contributed by atoms with E-state index in [9.17, 15) is 14.4 Å². The number of anilines is 1. The van der Waals surface area contributed by atoms with Gasteiger partial charge in [0.1, 0.15) is 6.61 Å². The first-order valence-electron chi connectivity index (χ1n) is 5.47. The lowest BCUT2D eigenvalue weighted by Gasteiger charge is -2.03. The molecule has 0 bridgehead atoms. The first-order valence-corrected chi connectivity index (χ1v) is 5.47. The van der Waals surface area contributed by atoms with Gasteiger partial charge in [0.2, 0.25) is 5.91 Å².